The molecule has 0 radical (unpaired) electrons. The number of para-hydroxylation sites is 1. The van der Waals surface area contributed by atoms with Gasteiger partial charge >= 0.3 is 5.97 Å². The Balaban J connectivity index is 2.43. The standard InChI is InChI=1S/C11H13N3O2/c12-8(11(15)16)5-7-6-3-1-2-4-9(6)14-10(7)13/h1-4,8,14H,5,12-13H2,(H,15,16). The number of nitrogen functional groups attached to an aromatic ring is 1. The number of carbonyl (C=O) groups is 1. The number of H-pyrrole nitrogens is 1. The summed E-state index contributed by atoms with van der Waals surface area (Å²) in [4.78, 5) is 13.7. The minimum absolute atomic E-state index is 0.227. The molecule has 0 spiro atoms. The number of carboxylic acids is 1. The van der Waals surface area contributed by atoms with Crippen LogP contribution < -0.4 is 11.5 Å². The van der Waals surface area contributed by atoms with Crippen LogP contribution in [0.4, 0.5) is 5.82 Å². The molecule has 6 N–H and O–H groups in total. The van der Waals surface area contributed by atoms with E-state index < -0.39 is 12.0 Å². The molecule has 2 aromatic rings. The van der Waals surface area contributed by atoms with Crippen LogP contribution in [-0.4, -0.2) is 22.1 Å². The number of nitrogens with one attached hydrogen (secondary N) is 1. The summed E-state index contributed by atoms with van der Waals surface area (Å²) in [5, 5.41) is 9.70. The van der Waals surface area contributed by atoms with Crippen LogP contribution in [0.5, 0.6) is 0 Å². The third kappa shape index (κ3) is 1.72. The highest BCUT2D eigenvalue weighted by Crippen LogP contribution is 2.24. The Labute approximate surface area is 92.1 Å². The summed E-state index contributed by atoms with van der Waals surface area (Å²) in [6.07, 6.45) is 0.227. The van der Waals surface area contributed by atoms with Crippen LogP contribution in [0, 0.1) is 0 Å². The van der Waals surface area contributed by atoms with Crippen LogP contribution in [0.2, 0.25) is 0 Å². The quantitative estimate of drug-likeness (QED) is 0.609. The minimum atomic E-state index is -1.02. The van der Waals surface area contributed by atoms with Gasteiger partial charge in [0, 0.05) is 22.9 Å². The van der Waals surface area contributed by atoms with Gasteiger partial charge < -0.3 is 21.6 Å². The van der Waals surface area contributed by atoms with E-state index in [2.05, 4.69) is 4.98 Å². The van der Waals surface area contributed by atoms with E-state index in [-0.39, 0.29) is 6.42 Å². The predicted octanol–water partition coefficient (Wildman–Crippen LogP) is 0.704. The molecule has 1 atom stereocenters. The molecule has 84 valence electrons. The normalized spacial score (nSPS) is 12.8. The molecule has 0 amide bonds. The number of rotatable bonds is 3. The van der Waals surface area contributed by atoms with Gasteiger partial charge in [0.15, 0.2) is 0 Å². The monoisotopic (exact) mass is 219 g/mol. The van der Waals surface area contributed by atoms with Crippen LogP contribution in [0.3, 0.4) is 0 Å². The summed E-state index contributed by atoms with van der Waals surface area (Å²) < 4.78 is 0. The summed E-state index contributed by atoms with van der Waals surface area (Å²) >= 11 is 0. The lowest BCUT2D eigenvalue weighted by Gasteiger charge is -2.05. The maximum absolute atomic E-state index is 10.7. The lowest BCUT2D eigenvalue weighted by atomic mass is 10.0. The fourth-order valence-corrected chi connectivity index (χ4v) is 1.75. The first kappa shape index (κ1) is 10.5. The summed E-state index contributed by atoms with van der Waals surface area (Å²) in [6.45, 7) is 0. The first-order valence-corrected chi connectivity index (χ1v) is 4.93. The van der Waals surface area contributed by atoms with Crippen LogP contribution in [0.15, 0.2) is 24.3 Å². The van der Waals surface area contributed by atoms with Gasteiger partial charge in [-0.05, 0) is 6.07 Å². The number of benzene rings is 1. The van der Waals surface area contributed by atoms with Crippen molar-refractivity contribution >= 4 is 22.7 Å². The van der Waals surface area contributed by atoms with E-state index in [1.165, 1.54) is 0 Å². The molecule has 0 saturated heterocycles. The number of aliphatic carboxylic acids is 1. The van der Waals surface area contributed by atoms with Crippen molar-refractivity contribution in [1.29, 1.82) is 0 Å². The van der Waals surface area contributed by atoms with Gasteiger partial charge in [0.25, 0.3) is 0 Å². The molecular formula is C11H13N3O2. The van der Waals surface area contributed by atoms with Crippen molar-refractivity contribution in [2.45, 2.75) is 12.5 Å². The molecule has 0 saturated carbocycles. The molecular weight excluding hydrogens is 206 g/mol. The summed E-state index contributed by atoms with van der Waals surface area (Å²) in [7, 11) is 0. The predicted molar refractivity (Wildman–Crippen MR) is 62.0 cm³/mol. The van der Waals surface area contributed by atoms with Gasteiger partial charge in [0.1, 0.15) is 11.9 Å². The van der Waals surface area contributed by atoms with Crippen molar-refractivity contribution in [2.24, 2.45) is 5.73 Å². The number of carboxylic acid groups (broad SMARTS) is 1. The van der Waals surface area contributed by atoms with E-state index >= 15 is 0 Å². The average Bonchev–Trinajstić information content (AvgIpc) is 2.55. The Kier molecular flexibility index (Phi) is 2.54. The maximum atomic E-state index is 10.7. The smallest absolute Gasteiger partial charge is 0.320 e. The van der Waals surface area contributed by atoms with Gasteiger partial charge in [-0.1, -0.05) is 18.2 Å². The molecule has 1 aromatic carbocycles. The highest BCUT2D eigenvalue weighted by molar-refractivity contribution is 5.89. The molecule has 0 aliphatic rings. The summed E-state index contributed by atoms with van der Waals surface area (Å²) in [5.41, 5.74) is 13.0. The van der Waals surface area contributed by atoms with Gasteiger partial charge in [0.2, 0.25) is 0 Å². The Morgan fingerprint density at radius 3 is 2.81 bits per heavy atom. The zero-order chi connectivity index (χ0) is 11.7. The van der Waals surface area contributed by atoms with Crippen LogP contribution in [0.25, 0.3) is 10.9 Å². The SMILES string of the molecule is Nc1[nH]c2ccccc2c1CC(N)C(=O)O. The van der Waals surface area contributed by atoms with Gasteiger partial charge in [-0.3, -0.25) is 4.79 Å². The summed E-state index contributed by atoms with van der Waals surface area (Å²) in [6, 6.07) is 6.62. The van der Waals surface area contributed by atoms with Crippen molar-refractivity contribution in [2.75, 3.05) is 5.73 Å². The van der Waals surface area contributed by atoms with Crippen molar-refractivity contribution in [3.63, 3.8) is 0 Å². The first-order chi connectivity index (χ1) is 7.59. The van der Waals surface area contributed by atoms with Crippen LogP contribution in [-0.2, 0) is 11.2 Å². The van der Waals surface area contributed by atoms with Crippen LogP contribution in [0.1, 0.15) is 5.56 Å². The zero-order valence-corrected chi connectivity index (χ0v) is 8.60. The Hall–Kier alpha value is -2.01. The first-order valence-electron chi connectivity index (χ1n) is 4.93. The molecule has 2 rings (SSSR count). The lowest BCUT2D eigenvalue weighted by molar-refractivity contribution is -0.138. The molecule has 0 fully saturated rings. The number of anilines is 1. The second-order valence-corrected chi connectivity index (χ2v) is 3.71. The van der Waals surface area contributed by atoms with Gasteiger partial charge in [0.05, 0.1) is 0 Å². The van der Waals surface area contributed by atoms with Crippen molar-refractivity contribution in [3.05, 3.63) is 29.8 Å². The Morgan fingerprint density at radius 2 is 2.12 bits per heavy atom. The lowest BCUT2D eigenvalue weighted by Crippen LogP contribution is -2.32. The van der Waals surface area contributed by atoms with E-state index in [1.807, 2.05) is 24.3 Å². The van der Waals surface area contributed by atoms with Gasteiger partial charge in [-0.25, -0.2) is 0 Å². The van der Waals surface area contributed by atoms with E-state index in [4.69, 9.17) is 16.6 Å². The molecule has 0 bridgehead atoms. The second kappa shape index (κ2) is 3.86. The topological polar surface area (TPSA) is 105 Å². The number of fused-ring (bicyclic) bond motifs is 1. The van der Waals surface area contributed by atoms with Crippen molar-refractivity contribution in [3.8, 4) is 0 Å². The average molecular weight is 219 g/mol. The van der Waals surface area contributed by atoms with Crippen molar-refractivity contribution in [1.82, 2.24) is 4.98 Å². The zero-order valence-electron chi connectivity index (χ0n) is 8.60. The van der Waals surface area contributed by atoms with Crippen molar-refractivity contribution < 1.29 is 9.90 Å². The fraction of sp³-hybridized carbons (Fsp3) is 0.182. The second-order valence-electron chi connectivity index (χ2n) is 3.71. The van der Waals surface area contributed by atoms with E-state index in [1.54, 1.807) is 0 Å². The third-order valence-electron chi connectivity index (χ3n) is 2.59. The minimum Gasteiger partial charge on any atom is -0.480 e. The number of aromatic nitrogens is 1. The maximum Gasteiger partial charge on any atom is 0.320 e. The third-order valence-corrected chi connectivity index (χ3v) is 2.59. The van der Waals surface area contributed by atoms with Gasteiger partial charge in [-0.2, -0.15) is 0 Å². The molecule has 16 heavy (non-hydrogen) atoms. The summed E-state index contributed by atoms with van der Waals surface area (Å²) in [5.74, 6) is -0.539. The number of hydrogen-bond donors (Lipinski definition) is 4. The molecule has 1 unspecified atom stereocenters. The molecule has 5 nitrogen and oxygen atoms in total. The Bertz CT molecular complexity index is 533. The van der Waals surface area contributed by atoms with E-state index in [0.717, 1.165) is 16.5 Å². The van der Waals surface area contributed by atoms with E-state index in [9.17, 15) is 4.79 Å². The van der Waals surface area contributed by atoms with Gasteiger partial charge in [-0.15, -0.1) is 0 Å². The van der Waals surface area contributed by atoms with Crippen LogP contribution >= 0.6 is 0 Å². The molecule has 1 aromatic heterocycles. The fourth-order valence-electron chi connectivity index (χ4n) is 1.75. The van der Waals surface area contributed by atoms with E-state index in [0.29, 0.717) is 5.82 Å². The number of aromatic amines is 1. The molecule has 0 aliphatic heterocycles. The molecule has 5 heteroatoms. The highest BCUT2D eigenvalue weighted by Gasteiger charge is 2.17. The Morgan fingerprint density at radius 1 is 1.44 bits per heavy atom. The molecule has 1 heterocycles. The number of hydrogen-bond acceptors (Lipinski definition) is 3. The highest BCUT2D eigenvalue weighted by atomic mass is 16.4. The largest absolute Gasteiger partial charge is 0.480 e. The number of nitrogens with two attached hydrogens (primary N) is 2. The molecule has 0 aliphatic carbocycles.